The molecule has 0 aromatic rings. The molecular formula is C34H54O10. The molecule has 10 heteroatoms. The van der Waals surface area contributed by atoms with E-state index < -0.39 is 29.2 Å². The van der Waals surface area contributed by atoms with Gasteiger partial charge in [-0.15, -0.1) is 0 Å². The van der Waals surface area contributed by atoms with E-state index in [1.165, 1.54) is 7.11 Å². The highest BCUT2D eigenvalue weighted by atomic mass is 17.2. The van der Waals surface area contributed by atoms with E-state index in [1.807, 2.05) is 6.92 Å². The van der Waals surface area contributed by atoms with Gasteiger partial charge in [0.05, 0.1) is 43.0 Å². The third-order valence-electron chi connectivity index (χ3n) is 11.7. The van der Waals surface area contributed by atoms with Crippen molar-refractivity contribution in [3.05, 3.63) is 0 Å². The van der Waals surface area contributed by atoms with Gasteiger partial charge >= 0.3 is 23.9 Å². The van der Waals surface area contributed by atoms with Crippen molar-refractivity contribution in [3.63, 3.8) is 0 Å². The van der Waals surface area contributed by atoms with E-state index in [4.69, 9.17) is 19.2 Å². The first kappa shape index (κ1) is 34.7. The number of carbonyl (C=O) groups excluding carboxylic acids is 2. The van der Waals surface area contributed by atoms with Crippen molar-refractivity contribution in [1.82, 2.24) is 0 Å². The summed E-state index contributed by atoms with van der Waals surface area (Å²) < 4.78 is 11.2. The largest absolute Gasteiger partial charge is 0.481 e. The molecule has 7 atom stereocenters. The van der Waals surface area contributed by atoms with E-state index in [2.05, 4.69) is 13.8 Å². The molecular weight excluding hydrogens is 568 g/mol. The van der Waals surface area contributed by atoms with Gasteiger partial charge in [0.2, 0.25) is 0 Å². The zero-order chi connectivity index (χ0) is 32.0. The Morgan fingerprint density at radius 2 is 1.20 bits per heavy atom. The monoisotopic (exact) mass is 622 g/mol. The van der Waals surface area contributed by atoms with E-state index in [0.717, 1.165) is 57.8 Å². The lowest BCUT2D eigenvalue weighted by molar-refractivity contribution is -0.338. The van der Waals surface area contributed by atoms with Crippen LogP contribution in [0.25, 0.3) is 0 Å². The molecule has 0 aromatic heterocycles. The Balaban J connectivity index is 1.27. The topological polar surface area (TPSA) is 146 Å². The molecule has 4 aliphatic carbocycles. The number of hydrogen-bond acceptors (Lipinski definition) is 8. The van der Waals surface area contributed by atoms with Crippen LogP contribution in [-0.4, -0.2) is 60.0 Å². The van der Waals surface area contributed by atoms with E-state index in [0.29, 0.717) is 43.9 Å². The lowest BCUT2D eigenvalue weighted by Gasteiger charge is -2.46. The summed E-state index contributed by atoms with van der Waals surface area (Å²) >= 11 is 0. The summed E-state index contributed by atoms with van der Waals surface area (Å²) in [6, 6.07) is 0. The van der Waals surface area contributed by atoms with Gasteiger partial charge in [0, 0.05) is 0 Å². The minimum atomic E-state index is -0.922. The Morgan fingerprint density at radius 3 is 1.75 bits per heavy atom. The summed E-state index contributed by atoms with van der Waals surface area (Å²) in [5.41, 5.74) is -0.671. The molecule has 0 saturated heterocycles. The molecule has 0 spiro atoms. The van der Waals surface area contributed by atoms with Crippen LogP contribution in [0.5, 0.6) is 0 Å². The van der Waals surface area contributed by atoms with Crippen molar-refractivity contribution >= 4 is 23.9 Å². The third-order valence-corrected chi connectivity index (χ3v) is 11.7. The first-order chi connectivity index (χ1) is 20.9. The molecule has 10 nitrogen and oxygen atoms in total. The Morgan fingerprint density at radius 1 is 0.682 bits per heavy atom. The van der Waals surface area contributed by atoms with E-state index in [9.17, 15) is 29.4 Å². The van der Waals surface area contributed by atoms with Gasteiger partial charge in [0.25, 0.3) is 0 Å². The first-order valence-corrected chi connectivity index (χ1v) is 17.0. The molecule has 0 aliphatic heterocycles. The number of esters is 2. The smallest absolute Gasteiger partial charge is 0.312 e. The van der Waals surface area contributed by atoms with Crippen molar-refractivity contribution < 1.29 is 48.6 Å². The Labute approximate surface area is 261 Å². The number of methoxy groups -OCH3 is 1. The highest BCUT2D eigenvalue weighted by molar-refractivity contribution is 5.81. The molecule has 4 rings (SSSR count). The average Bonchev–Trinajstić information content (AvgIpc) is 3.00. The standard InChI is InChI=1S/C34H54O10/c1-20-5-15-27(30(35)36)22(17-20)19-42-44-26-13-9-24(10-14-26)34(3,33(40)41-4)23-7-11-25(12-8-23)43-32(39)29-18-21(2)6-16-28(29)31(37)38/h20-29H,5-19H2,1-4H3,(H,35,36)(H,37,38). The van der Waals surface area contributed by atoms with Gasteiger partial charge < -0.3 is 19.7 Å². The molecule has 2 N–H and O–H groups in total. The molecule has 4 saturated carbocycles. The molecule has 0 bridgehead atoms. The SMILES string of the molecule is COC(=O)C(C)(C1CCC(OOCC2CC(C)CCC2C(=O)O)CC1)C1CCC(OC(=O)C2CC(C)CCC2C(=O)O)CC1. The first-order valence-electron chi connectivity index (χ1n) is 17.0. The van der Waals surface area contributed by atoms with Crippen LogP contribution in [0.15, 0.2) is 0 Å². The Hall–Kier alpha value is -2.20. The molecule has 44 heavy (non-hydrogen) atoms. The fraction of sp³-hybridized carbons (Fsp3) is 0.882. The number of rotatable bonds is 11. The lowest BCUT2D eigenvalue weighted by Crippen LogP contribution is -2.47. The summed E-state index contributed by atoms with van der Waals surface area (Å²) in [5.74, 6) is -2.99. The maximum atomic E-state index is 13.3. The van der Waals surface area contributed by atoms with Crippen molar-refractivity contribution in [3.8, 4) is 0 Å². The zero-order valence-electron chi connectivity index (χ0n) is 27.0. The molecule has 250 valence electrons. The predicted octanol–water partition coefficient (Wildman–Crippen LogP) is 6.05. The maximum Gasteiger partial charge on any atom is 0.312 e. The highest BCUT2D eigenvalue weighted by Gasteiger charge is 2.50. The van der Waals surface area contributed by atoms with Crippen LogP contribution in [-0.2, 0) is 38.4 Å². The number of hydrogen-bond donors (Lipinski definition) is 2. The van der Waals surface area contributed by atoms with Gasteiger partial charge in [-0.2, -0.15) is 0 Å². The van der Waals surface area contributed by atoms with Gasteiger partial charge in [-0.25, -0.2) is 9.78 Å². The summed E-state index contributed by atoms with van der Waals surface area (Å²) in [4.78, 5) is 61.2. The summed E-state index contributed by atoms with van der Waals surface area (Å²) in [6.45, 7) is 6.51. The predicted molar refractivity (Wildman–Crippen MR) is 160 cm³/mol. The molecule has 4 aliphatic rings. The molecule has 0 radical (unpaired) electrons. The third kappa shape index (κ3) is 8.14. The number of carboxylic acid groups (broad SMARTS) is 2. The summed E-state index contributed by atoms with van der Waals surface area (Å²) in [5, 5.41) is 19.2. The number of carbonyl (C=O) groups is 4. The van der Waals surface area contributed by atoms with Gasteiger partial charge in [-0.1, -0.05) is 13.8 Å². The number of carboxylic acids is 2. The number of aliphatic carboxylic acids is 2. The van der Waals surface area contributed by atoms with Crippen LogP contribution >= 0.6 is 0 Å². The van der Waals surface area contributed by atoms with Crippen LogP contribution in [0.3, 0.4) is 0 Å². The second-order valence-corrected chi connectivity index (χ2v) is 14.6. The Kier molecular flexibility index (Phi) is 12.1. The van der Waals surface area contributed by atoms with Gasteiger partial charge in [0.15, 0.2) is 0 Å². The van der Waals surface area contributed by atoms with Crippen LogP contribution in [0.1, 0.15) is 111 Å². The number of ether oxygens (including phenoxy) is 2. The summed E-state index contributed by atoms with van der Waals surface area (Å²) in [6.07, 6.45) is 9.78. The average molecular weight is 623 g/mol. The second kappa shape index (κ2) is 15.4. The highest BCUT2D eigenvalue weighted by Crippen LogP contribution is 2.50. The van der Waals surface area contributed by atoms with E-state index in [-0.39, 0.29) is 54.4 Å². The van der Waals surface area contributed by atoms with E-state index in [1.54, 1.807) is 0 Å². The van der Waals surface area contributed by atoms with Crippen LogP contribution in [0.2, 0.25) is 0 Å². The van der Waals surface area contributed by atoms with Crippen molar-refractivity contribution in [2.24, 2.45) is 52.8 Å². The molecule has 0 heterocycles. The van der Waals surface area contributed by atoms with Gasteiger partial charge in [0.1, 0.15) is 6.10 Å². The molecule has 7 unspecified atom stereocenters. The van der Waals surface area contributed by atoms with Crippen molar-refractivity contribution in [1.29, 1.82) is 0 Å². The second-order valence-electron chi connectivity index (χ2n) is 14.6. The minimum absolute atomic E-state index is 0.0468. The fourth-order valence-corrected chi connectivity index (χ4v) is 8.85. The van der Waals surface area contributed by atoms with Crippen LogP contribution < -0.4 is 0 Å². The van der Waals surface area contributed by atoms with E-state index >= 15 is 0 Å². The minimum Gasteiger partial charge on any atom is -0.481 e. The maximum absolute atomic E-state index is 13.3. The zero-order valence-corrected chi connectivity index (χ0v) is 27.0. The normalized spacial score (nSPS) is 37.7. The Bertz CT molecular complexity index is 998. The summed E-state index contributed by atoms with van der Waals surface area (Å²) in [7, 11) is 1.44. The molecule has 0 amide bonds. The van der Waals surface area contributed by atoms with Gasteiger partial charge in [-0.05, 0) is 126 Å². The molecule has 4 fully saturated rings. The lowest BCUT2D eigenvalue weighted by atomic mass is 9.59. The fourth-order valence-electron chi connectivity index (χ4n) is 8.85. The molecule has 0 aromatic carbocycles. The van der Waals surface area contributed by atoms with Crippen LogP contribution in [0, 0.1) is 52.8 Å². The van der Waals surface area contributed by atoms with Gasteiger partial charge in [-0.3, -0.25) is 19.2 Å². The quantitative estimate of drug-likeness (QED) is 0.159. The van der Waals surface area contributed by atoms with Crippen molar-refractivity contribution in [2.45, 2.75) is 123 Å². The van der Waals surface area contributed by atoms with Crippen molar-refractivity contribution in [2.75, 3.05) is 13.7 Å². The van der Waals surface area contributed by atoms with Crippen LogP contribution in [0.4, 0.5) is 0 Å².